The second-order valence-electron chi connectivity index (χ2n) is 3.43. The third kappa shape index (κ3) is 5.21. The molecule has 0 bridgehead atoms. The normalized spacial score (nSPS) is 12.9. The van der Waals surface area contributed by atoms with Crippen molar-refractivity contribution >= 4 is 0 Å². The molecule has 0 amide bonds. The molecule has 1 atom stereocenters. The van der Waals surface area contributed by atoms with Gasteiger partial charge in [-0.1, -0.05) is 13.3 Å². The molecular weight excluding hydrogens is 146 g/mol. The van der Waals surface area contributed by atoms with Crippen LogP contribution >= 0.6 is 0 Å². The molecule has 0 aromatic heterocycles. The van der Waals surface area contributed by atoms with Crippen LogP contribution in [0.15, 0.2) is 0 Å². The lowest BCUT2D eigenvalue weighted by atomic mass is 10.1. The molecule has 0 aromatic carbocycles. The summed E-state index contributed by atoms with van der Waals surface area (Å²) in [6.07, 6.45) is 9.76. The van der Waals surface area contributed by atoms with Crippen molar-refractivity contribution in [1.82, 2.24) is 4.90 Å². The Balaban J connectivity index is 3.43. The van der Waals surface area contributed by atoms with Gasteiger partial charge in [-0.25, -0.2) is 0 Å². The van der Waals surface area contributed by atoms with Gasteiger partial charge in [0, 0.05) is 12.5 Å². The van der Waals surface area contributed by atoms with Crippen LogP contribution in [-0.4, -0.2) is 24.5 Å². The number of hydrogen-bond donors (Lipinski definition) is 0. The van der Waals surface area contributed by atoms with Gasteiger partial charge in [0.05, 0.1) is 0 Å². The third-order valence-electron chi connectivity index (χ3n) is 2.29. The van der Waals surface area contributed by atoms with Gasteiger partial charge >= 0.3 is 0 Å². The van der Waals surface area contributed by atoms with Crippen molar-refractivity contribution in [3.8, 4) is 12.3 Å². The highest BCUT2D eigenvalue weighted by Crippen LogP contribution is 2.04. The number of unbranched alkanes of at least 4 members (excludes halogenated alkanes) is 1. The average Bonchev–Trinajstić information content (AvgIpc) is 2.05. The minimum atomic E-state index is 0.702. The SMILES string of the molecule is C#CCCCN(C)C(C)CCC. The van der Waals surface area contributed by atoms with Crippen molar-refractivity contribution in [3.05, 3.63) is 0 Å². The first-order valence-electron chi connectivity index (χ1n) is 4.86. The van der Waals surface area contributed by atoms with Crippen molar-refractivity contribution in [2.24, 2.45) is 0 Å². The molecule has 0 radical (unpaired) electrons. The monoisotopic (exact) mass is 167 g/mol. The van der Waals surface area contributed by atoms with Crippen molar-refractivity contribution < 1.29 is 0 Å². The molecule has 1 unspecified atom stereocenters. The van der Waals surface area contributed by atoms with Gasteiger partial charge in [0.2, 0.25) is 0 Å². The van der Waals surface area contributed by atoms with Gasteiger partial charge in [-0.2, -0.15) is 0 Å². The lowest BCUT2D eigenvalue weighted by Gasteiger charge is -2.23. The molecule has 0 aliphatic carbocycles. The van der Waals surface area contributed by atoms with Crippen molar-refractivity contribution in [2.45, 2.75) is 45.6 Å². The Morgan fingerprint density at radius 1 is 1.50 bits per heavy atom. The zero-order valence-electron chi connectivity index (χ0n) is 8.64. The van der Waals surface area contributed by atoms with Crippen LogP contribution < -0.4 is 0 Å². The summed E-state index contributed by atoms with van der Waals surface area (Å²) in [4.78, 5) is 2.39. The van der Waals surface area contributed by atoms with Gasteiger partial charge in [0.25, 0.3) is 0 Å². The Bertz CT molecular complexity index is 134. The van der Waals surface area contributed by atoms with Crippen LogP contribution in [0.2, 0.25) is 0 Å². The van der Waals surface area contributed by atoms with Crippen LogP contribution in [-0.2, 0) is 0 Å². The van der Waals surface area contributed by atoms with E-state index in [0.29, 0.717) is 6.04 Å². The Morgan fingerprint density at radius 2 is 2.17 bits per heavy atom. The first kappa shape index (κ1) is 11.5. The fourth-order valence-corrected chi connectivity index (χ4v) is 1.29. The zero-order chi connectivity index (χ0) is 9.40. The molecule has 70 valence electrons. The lowest BCUT2D eigenvalue weighted by molar-refractivity contribution is 0.243. The molecule has 1 nitrogen and oxygen atoms in total. The van der Waals surface area contributed by atoms with Crippen LogP contribution in [0.1, 0.15) is 39.5 Å². The van der Waals surface area contributed by atoms with Gasteiger partial charge in [-0.15, -0.1) is 12.3 Å². The minimum absolute atomic E-state index is 0.702. The first-order valence-corrected chi connectivity index (χ1v) is 4.86. The highest BCUT2D eigenvalue weighted by molar-refractivity contribution is 4.83. The maximum atomic E-state index is 5.18. The van der Waals surface area contributed by atoms with E-state index >= 15 is 0 Å². The fourth-order valence-electron chi connectivity index (χ4n) is 1.29. The summed E-state index contributed by atoms with van der Waals surface area (Å²) in [6, 6.07) is 0.702. The fraction of sp³-hybridized carbons (Fsp3) is 0.818. The summed E-state index contributed by atoms with van der Waals surface area (Å²) in [5.41, 5.74) is 0. The van der Waals surface area contributed by atoms with E-state index in [2.05, 4.69) is 31.7 Å². The van der Waals surface area contributed by atoms with Gasteiger partial charge in [0.1, 0.15) is 0 Å². The van der Waals surface area contributed by atoms with Crippen molar-refractivity contribution in [1.29, 1.82) is 0 Å². The number of terminal acetylenes is 1. The minimum Gasteiger partial charge on any atom is -0.304 e. The second kappa shape index (κ2) is 7.18. The average molecular weight is 167 g/mol. The largest absolute Gasteiger partial charge is 0.304 e. The van der Waals surface area contributed by atoms with E-state index in [-0.39, 0.29) is 0 Å². The summed E-state index contributed by atoms with van der Waals surface area (Å²) in [6.45, 7) is 5.64. The molecule has 12 heavy (non-hydrogen) atoms. The second-order valence-corrected chi connectivity index (χ2v) is 3.43. The van der Waals surface area contributed by atoms with Gasteiger partial charge in [-0.05, 0) is 33.4 Å². The lowest BCUT2D eigenvalue weighted by Crippen LogP contribution is -2.29. The molecular formula is C11H21N. The van der Waals surface area contributed by atoms with E-state index in [9.17, 15) is 0 Å². The van der Waals surface area contributed by atoms with Gasteiger partial charge < -0.3 is 4.90 Å². The molecule has 0 aromatic rings. The van der Waals surface area contributed by atoms with E-state index in [4.69, 9.17) is 6.42 Å². The third-order valence-corrected chi connectivity index (χ3v) is 2.29. The van der Waals surface area contributed by atoms with Crippen LogP contribution in [0.4, 0.5) is 0 Å². The first-order chi connectivity index (χ1) is 5.72. The summed E-state index contributed by atoms with van der Waals surface area (Å²) in [5, 5.41) is 0. The van der Waals surface area contributed by atoms with E-state index < -0.39 is 0 Å². The van der Waals surface area contributed by atoms with Crippen LogP contribution in [0.5, 0.6) is 0 Å². The number of nitrogens with zero attached hydrogens (tertiary/aromatic N) is 1. The van der Waals surface area contributed by atoms with Crippen molar-refractivity contribution in [3.63, 3.8) is 0 Å². The Kier molecular flexibility index (Phi) is 6.90. The predicted octanol–water partition coefficient (Wildman–Crippen LogP) is 2.52. The van der Waals surface area contributed by atoms with Gasteiger partial charge in [0.15, 0.2) is 0 Å². The number of rotatable bonds is 6. The quantitative estimate of drug-likeness (QED) is 0.434. The van der Waals surface area contributed by atoms with E-state index in [0.717, 1.165) is 19.4 Å². The standard InChI is InChI=1S/C11H21N/c1-5-7-8-10-12(4)11(3)9-6-2/h1,11H,6-10H2,2-4H3. The molecule has 0 saturated heterocycles. The smallest absolute Gasteiger partial charge is 0.00982 e. The zero-order valence-corrected chi connectivity index (χ0v) is 8.64. The van der Waals surface area contributed by atoms with Crippen LogP contribution in [0, 0.1) is 12.3 Å². The summed E-state index contributed by atoms with van der Waals surface area (Å²) in [7, 11) is 2.18. The molecule has 0 saturated carbocycles. The maximum absolute atomic E-state index is 5.18. The van der Waals surface area contributed by atoms with E-state index in [1.165, 1.54) is 12.8 Å². The van der Waals surface area contributed by atoms with Gasteiger partial charge in [-0.3, -0.25) is 0 Å². The summed E-state index contributed by atoms with van der Waals surface area (Å²) < 4.78 is 0. The molecule has 0 aliphatic rings. The Morgan fingerprint density at radius 3 is 2.67 bits per heavy atom. The highest BCUT2D eigenvalue weighted by Gasteiger charge is 2.05. The van der Waals surface area contributed by atoms with Crippen LogP contribution in [0.25, 0.3) is 0 Å². The van der Waals surface area contributed by atoms with E-state index in [1.54, 1.807) is 0 Å². The molecule has 0 spiro atoms. The Hall–Kier alpha value is -0.480. The predicted molar refractivity (Wildman–Crippen MR) is 55.1 cm³/mol. The summed E-state index contributed by atoms with van der Waals surface area (Å²) >= 11 is 0. The number of hydrogen-bond acceptors (Lipinski definition) is 1. The highest BCUT2D eigenvalue weighted by atomic mass is 15.1. The topological polar surface area (TPSA) is 3.24 Å². The summed E-state index contributed by atoms with van der Waals surface area (Å²) in [5.74, 6) is 2.67. The molecule has 0 rings (SSSR count). The van der Waals surface area contributed by atoms with Crippen molar-refractivity contribution in [2.75, 3.05) is 13.6 Å². The molecule has 0 fully saturated rings. The molecule has 0 aliphatic heterocycles. The molecule has 0 heterocycles. The molecule has 1 heteroatoms. The molecule has 0 N–H and O–H groups in total. The maximum Gasteiger partial charge on any atom is 0.00982 e. The van der Waals surface area contributed by atoms with Crippen LogP contribution in [0.3, 0.4) is 0 Å². The van der Waals surface area contributed by atoms with E-state index in [1.807, 2.05) is 0 Å². The Labute approximate surface area is 77.1 Å².